The van der Waals surface area contributed by atoms with Gasteiger partial charge in [0.1, 0.15) is 17.7 Å². The molecule has 7 heteroatoms. The van der Waals surface area contributed by atoms with E-state index >= 15 is 0 Å². The second kappa shape index (κ2) is 7.74. The topological polar surface area (TPSA) is 91.6 Å². The first-order chi connectivity index (χ1) is 11.4. The number of amides is 2. The van der Waals surface area contributed by atoms with Gasteiger partial charge in [-0.25, -0.2) is 4.39 Å². The number of furan rings is 1. The summed E-state index contributed by atoms with van der Waals surface area (Å²) in [6.45, 7) is 3.16. The van der Waals surface area contributed by atoms with E-state index in [1.165, 1.54) is 31.4 Å². The Hall–Kier alpha value is -2.67. The van der Waals surface area contributed by atoms with Gasteiger partial charge in [-0.15, -0.1) is 0 Å². The van der Waals surface area contributed by atoms with E-state index in [1.54, 1.807) is 19.1 Å². The quantitative estimate of drug-likeness (QED) is 0.732. The van der Waals surface area contributed by atoms with Crippen molar-refractivity contribution >= 4 is 17.5 Å². The molecule has 0 bridgehead atoms. The Morgan fingerprint density at radius 3 is 2.67 bits per heavy atom. The van der Waals surface area contributed by atoms with Crippen LogP contribution in [0.4, 0.5) is 10.1 Å². The number of nitrogens with one attached hydrogen (secondary N) is 2. The number of rotatable bonds is 5. The summed E-state index contributed by atoms with van der Waals surface area (Å²) in [4.78, 5) is 23.8. The third-order valence-electron chi connectivity index (χ3n) is 3.55. The van der Waals surface area contributed by atoms with Crippen LogP contribution in [0.15, 0.2) is 41.0 Å². The van der Waals surface area contributed by atoms with Crippen LogP contribution in [0.25, 0.3) is 0 Å². The molecule has 0 fully saturated rings. The molecule has 0 spiro atoms. The van der Waals surface area contributed by atoms with Crippen LogP contribution in [-0.2, 0) is 9.59 Å². The van der Waals surface area contributed by atoms with Gasteiger partial charge < -0.3 is 20.2 Å². The summed E-state index contributed by atoms with van der Waals surface area (Å²) in [7, 11) is 0. The van der Waals surface area contributed by atoms with E-state index in [2.05, 4.69) is 10.6 Å². The molecular weight excluding hydrogens is 315 g/mol. The highest BCUT2D eigenvalue weighted by molar-refractivity contribution is 6.39. The van der Waals surface area contributed by atoms with Crippen molar-refractivity contribution in [1.82, 2.24) is 5.32 Å². The fraction of sp³-hybridized carbons (Fsp3) is 0.294. The van der Waals surface area contributed by atoms with Crippen LogP contribution >= 0.6 is 0 Å². The van der Waals surface area contributed by atoms with Crippen LogP contribution in [-0.4, -0.2) is 23.0 Å². The first kappa shape index (κ1) is 17.7. The summed E-state index contributed by atoms with van der Waals surface area (Å²) in [5.41, 5.74) is 0.485. The summed E-state index contributed by atoms with van der Waals surface area (Å²) < 4.78 is 18.5. The number of aliphatic hydroxyl groups excluding tert-OH is 1. The molecule has 24 heavy (non-hydrogen) atoms. The van der Waals surface area contributed by atoms with E-state index in [0.29, 0.717) is 5.76 Å². The molecule has 6 nitrogen and oxygen atoms in total. The molecule has 0 aliphatic heterocycles. The molecule has 2 aromatic rings. The lowest BCUT2D eigenvalue weighted by Crippen LogP contribution is -2.41. The van der Waals surface area contributed by atoms with Gasteiger partial charge in [0.2, 0.25) is 0 Å². The Kier molecular flexibility index (Phi) is 5.70. The second-order valence-electron chi connectivity index (χ2n) is 5.51. The van der Waals surface area contributed by atoms with Gasteiger partial charge in [0.05, 0.1) is 6.26 Å². The van der Waals surface area contributed by atoms with Crippen LogP contribution in [0.5, 0.6) is 0 Å². The lowest BCUT2D eigenvalue weighted by atomic mass is 10.1. The average Bonchev–Trinajstić information content (AvgIpc) is 3.06. The van der Waals surface area contributed by atoms with Crippen molar-refractivity contribution < 1.29 is 23.5 Å². The number of halogens is 1. The maximum atomic E-state index is 13.4. The predicted octanol–water partition coefficient (Wildman–Crippen LogP) is 2.29. The number of aliphatic hydroxyl groups is 1. The zero-order valence-electron chi connectivity index (χ0n) is 13.4. The summed E-state index contributed by atoms with van der Waals surface area (Å²) in [6, 6.07) is 7.03. The first-order valence-corrected chi connectivity index (χ1v) is 7.47. The van der Waals surface area contributed by atoms with Crippen LogP contribution in [0.1, 0.15) is 30.8 Å². The normalized spacial score (nSPS) is 13.2. The second-order valence-corrected chi connectivity index (χ2v) is 5.51. The molecule has 1 aromatic heterocycles. The van der Waals surface area contributed by atoms with E-state index in [0.717, 1.165) is 0 Å². The van der Waals surface area contributed by atoms with Crippen molar-refractivity contribution in [2.24, 2.45) is 0 Å². The zero-order valence-corrected chi connectivity index (χ0v) is 13.4. The Bertz CT molecular complexity index is 715. The standard InChI is InChI=1S/C17H19FN2O4/c1-10(9-14(21)15-7-4-8-24-15)19-16(22)17(23)20-13-6-3-5-12(18)11(13)2/h3-8,10,14,21H,9H2,1-2H3,(H,19,22)(H,20,23). The van der Waals surface area contributed by atoms with Crippen LogP contribution < -0.4 is 10.6 Å². The van der Waals surface area contributed by atoms with E-state index in [4.69, 9.17) is 4.42 Å². The molecule has 1 heterocycles. The molecule has 2 rings (SSSR count). The van der Waals surface area contributed by atoms with Crippen molar-refractivity contribution in [3.05, 3.63) is 53.7 Å². The van der Waals surface area contributed by atoms with Gasteiger partial charge >= 0.3 is 11.8 Å². The lowest BCUT2D eigenvalue weighted by molar-refractivity contribution is -0.136. The predicted molar refractivity (Wildman–Crippen MR) is 85.7 cm³/mol. The van der Waals surface area contributed by atoms with Gasteiger partial charge in [-0.1, -0.05) is 6.07 Å². The van der Waals surface area contributed by atoms with Crippen molar-refractivity contribution in [3.63, 3.8) is 0 Å². The lowest BCUT2D eigenvalue weighted by Gasteiger charge is -2.16. The minimum atomic E-state index is -0.900. The number of anilines is 1. The molecule has 2 unspecified atom stereocenters. The van der Waals surface area contributed by atoms with Crippen molar-refractivity contribution in [2.75, 3.05) is 5.32 Å². The minimum Gasteiger partial charge on any atom is -0.467 e. The number of carbonyl (C=O) groups is 2. The van der Waals surface area contributed by atoms with E-state index in [9.17, 15) is 19.1 Å². The molecule has 0 aliphatic rings. The van der Waals surface area contributed by atoms with E-state index in [1.807, 2.05) is 0 Å². The minimum absolute atomic E-state index is 0.186. The zero-order chi connectivity index (χ0) is 17.7. The maximum absolute atomic E-state index is 13.4. The Balaban J connectivity index is 1.89. The summed E-state index contributed by atoms with van der Waals surface area (Å²) >= 11 is 0. The fourth-order valence-electron chi connectivity index (χ4n) is 2.20. The van der Waals surface area contributed by atoms with Crippen molar-refractivity contribution in [2.45, 2.75) is 32.4 Å². The number of benzene rings is 1. The van der Waals surface area contributed by atoms with E-state index < -0.39 is 29.8 Å². The molecule has 0 radical (unpaired) electrons. The van der Waals surface area contributed by atoms with Gasteiger partial charge in [-0.3, -0.25) is 9.59 Å². The average molecular weight is 334 g/mol. The fourth-order valence-corrected chi connectivity index (χ4v) is 2.20. The molecule has 2 amide bonds. The van der Waals surface area contributed by atoms with Crippen LogP contribution in [0, 0.1) is 12.7 Å². The molecule has 3 N–H and O–H groups in total. The molecule has 0 aliphatic carbocycles. The highest BCUT2D eigenvalue weighted by Gasteiger charge is 2.20. The van der Waals surface area contributed by atoms with Gasteiger partial charge in [-0.2, -0.15) is 0 Å². The first-order valence-electron chi connectivity index (χ1n) is 7.47. The molecule has 1 aromatic carbocycles. The molecular formula is C17H19FN2O4. The molecule has 2 atom stereocenters. The molecule has 0 saturated carbocycles. The Morgan fingerprint density at radius 2 is 2.00 bits per heavy atom. The third-order valence-corrected chi connectivity index (χ3v) is 3.55. The molecule has 128 valence electrons. The Morgan fingerprint density at radius 1 is 1.25 bits per heavy atom. The summed E-state index contributed by atoms with van der Waals surface area (Å²) in [5.74, 6) is -1.85. The van der Waals surface area contributed by atoms with Crippen LogP contribution in [0.3, 0.4) is 0 Å². The molecule has 0 saturated heterocycles. The van der Waals surface area contributed by atoms with Gasteiger partial charge in [-0.05, 0) is 38.1 Å². The number of hydrogen-bond acceptors (Lipinski definition) is 4. The van der Waals surface area contributed by atoms with Crippen molar-refractivity contribution in [1.29, 1.82) is 0 Å². The van der Waals surface area contributed by atoms with Crippen LogP contribution in [0.2, 0.25) is 0 Å². The SMILES string of the molecule is Cc1c(F)cccc1NC(=O)C(=O)NC(C)CC(O)c1ccco1. The van der Waals surface area contributed by atoms with Crippen molar-refractivity contribution in [3.8, 4) is 0 Å². The number of carbonyl (C=O) groups excluding carboxylic acids is 2. The summed E-state index contributed by atoms with van der Waals surface area (Å²) in [6.07, 6.45) is 0.742. The smallest absolute Gasteiger partial charge is 0.313 e. The van der Waals surface area contributed by atoms with Gasteiger partial charge in [0.15, 0.2) is 0 Å². The van der Waals surface area contributed by atoms with Gasteiger partial charge in [0, 0.05) is 23.7 Å². The third kappa shape index (κ3) is 4.42. The Labute approximate surface area is 138 Å². The highest BCUT2D eigenvalue weighted by Crippen LogP contribution is 2.19. The summed E-state index contributed by atoms with van der Waals surface area (Å²) in [5, 5.41) is 14.8. The largest absolute Gasteiger partial charge is 0.467 e. The maximum Gasteiger partial charge on any atom is 0.313 e. The van der Waals surface area contributed by atoms with Gasteiger partial charge in [0.25, 0.3) is 0 Å². The number of hydrogen-bond donors (Lipinski definition) is 3. The monoisotopic (exact) mass is 334 g/mol. The van der Waals surface area contributed by atoms with E-state index in [-0.39, 0.29) is 17.7 Å². The highest BCUT2D eigenvalue weighted by atomic mass is 19.1.